The molecule has 0 amide bonds. The lowest BCUT2D eigenvalue weighted by molar-refractivity contribution is 0.272. The van der Waals surface area contributed by atoms with Gasteiger partial charge in [0.15, 0.2) is 5.96 Å². The molecule has 2 aliphatic rings. The molecule has 0 radical (unpaired) electrons. The predicted octanol–water partition coefficient (Wildman–Crippen LogP) is 0.928. The van der Waals surface area contributed by atoms with Gasteiger partial charge in [-0.3, -0.25) is 9.89 Å². The molecular formula is C12H24N4. The van der Waals surface area contributed by atoms with Crippen LogP contribution in [0.2, 0.25) is 0 Å². The Balaban J connectivity index is 1.73. The van der Waals surface area contributed by atoms with E-state index in [1.807, 2.05) is 0 Å². The Morgan fingerprint density at radius 3 is 2.81 bits per heavy atom. The molecule has 1 saturated carbocycles. The second kappa shape index (κ2) is 5.53. The van der Waals surface area contributed by atoms with Gasteiger partial charge in [0, 0.05) is 12.1 Å². The lowest BCUT2D eigenvalue weighted by atomic mass is 9.93. The smallest absolute Gasteiger partial charge is 0.188 e. The van der Waals surface area contributed by atoms with E-state index in [-0.39, 0.29) is 0 Å². The van der Waals surface area contributed by atoms with E-state index in [2.05, 4.69) is 22.1 Å². The minimum absolute atomic E-state index is 0.592. The van der Waals surface area contributed by atoms with Gasteiger partial charge in [0.1, 0.15) is 0 Å². The summed E-state index contributed by atoms with van der Waals surface area (Å²) in [5, 5.41) is 3.28. The van der Waals surface area contributed by atoms with E-state index >= 15 is 0 Å². The van der Waals surface area contributed by atoms with Crippen molar-refractivity contribution >= 4 is 5.96 Å². The van der Waals surface area contributed by atoms with Crippen LogP contribution >= 0.6 is 0 Å². The minimum Gasteiger partial charge on any atom is -0.370 e. The summed E-state index contributed by atoms with van der Waals surface area (Å²) < 4.78 is 0. The van der Waals surface area contributed by atoms with E-state index in [0.717, 1.165) is 13.1 Å². The van der Waals surface area contributed by atoms with Crippen LogP contribution in [0.25, 0.3) is 0 Å². The first-order valence-corrected chi connectivity index (χ1v) is 6.60. The van der Waals surface area contributed by atoms with Gasteiger partial charge in [0.25, 0.3) is 0 Å². The highest BCUT2D eigenvalue weighted by molar-refractivity contribution is 5.78. The molecule has 1 saturated heterocycles. The quantitative estimate of drug-likeness (QED) is 0.552. The zero-order valence-electron chi connectivity index (χ0n) is 10.3. The number of likely N-dealkylation sites (N-methyl/N-ethyl adjacent to an activating group) is 1. The van der Waals surface area contributed by atoms with E-state index < -0.39 is 0 Å². The summed E-state index contributed by atoms with van der Waals surface area (Å²) in [6.45, 7) is 5.44. The zero-order valence-corrected chi connectivity index (χ0v) is 10.3. The largest absolute Gasteiger partial charge is 0.370 e. The summed E-state index contributed by atoms with van der Waals surface area (Å²) in [6, 6.07) is 1.21. The Morgan fingerprint density at radius 1 is 1.38 bits per heavy atom. The summed E-state index contributed by atoms with van der Waals surface area (Å²) in [5.41, 5.74) is 5.87. The number of hydrogen-bond donors (Lipinski definition) is 2. The normalized spacial score (nSPS) is 28.1. The number of guanidine groups is 1. The molecule has 1 atom stereocenters. The first kappa shape index (κ1) is 11.7. The van der Waals surface area contributed by atoms with Gasteiger partial charge < -0.3 is 11.1 Å². The van der Waals surface area contributed by atoms with Crippen molar-refractivity contribution in [2.24, 2.45) is 10.7 Å². The Hall–Kier alpha value is -0.770. The Labute approximate surface area is 98.3 Å². The molecular weight excluding hydrogens is 200 g/mol. The maximum Gasteiger partial charge on any atom is 0.188 e. The molecule has 3 N–H and O–H groups in total. The van der Waals surface area contributed by atoms with Crippen LogP contribution in [0.5, 0.6) is 0 Å². The maximum atomic E-state index is 5.87. The van der Waals surface area contributed by atoms with Crippen LogP contribution in [0.3, 0.4) is 0 Å². The van der Waals surface area contributed by atoms with E-state index in [1.54, 1.807) is 0 Å². The topological polar surface area (TPSA) is 53.6 Å². The molecule has 0 aromatic carbocycles. The van der Waals surface area contributed by atoms with Crippen molar-refractivity contribution in [1.82, 2.24) is 10.2 Å². The fraction of sp³-hybridized carbons (Fsp3) is 0.917. The highest BCUT2D eigenvalue weighted by Gasteiger charge is 2.22. The fourth-order valence-electron chi connectivity index (χ4n) is 2.53. The van der Waals surface area contributed by atoms with Gasteiger partial charge >= 0.3 is 0 Å². The highest BCUT2D eigenvalue weighted by atomic mass is 15.2. The van der Waals surface area contributed by atoms with Gasteiger partial charge in [-0.1, -0.05) is 6.92 Å². The Bertz CT molecular complexity index is 247. The third-order valence-electron chi connectivity index (χ3n) is 3.83. The molecule has 0 aromatic rings. The van der Waals surface area contributed by atoms with Crippen LogP contribution in [0.15, 0.2) is 4.99 Å². The zero-order chi connectivity index (χ0) is 11.4. The van der Waals surface area contributed by atoms with Crippen LogP contribution in [-0.4, -0.2) is 42.6 Å². The minimum atomic E-state index is 0.592. The van der Waals surface area contributed by atoms with Crippen molar-refractivity contribution in [3.63, 3.8) is 0 Å². The molecule has 1 heterocycles. The van der Waals surface area contributed by atoms with E-state index in [0.29, 0.717) is 18.0 Å². The van der Waals surface area contributed by atoms with Crippen LogP contribution in [0.1, 0.15) is 39.0 Å². The molecule has 2 fully saturated rings. The van der Waals surface area contributed by atoms with Crippen molar-refractivity contribution in [3.8, 4) is 0 Å². The third kappa shape index (κ3) is 2.88. The number of nitrogens with one attached hydrogen (secondary N) is 1. The summed E-state index contributed by atoms with van der Waals surface area (Å²) >= 11 is 0. The van der Waals surface area contributed by atoms with Crippen molar-refractivity contribution < 1.29 is 0 Å². The molecule has 16 heavy (non-hydrogen) atoms. The lowest BCUT2D eigenvalue weighted by Gasteiger charge is -2.27. The highest BCUT2D eigenvalue weighted by Crippen LogP contribution is 2.18. The van der Waals surface area contributed by atoms with Crippen LogP contribution in [0, 0.1) is 0 Å². The standard InChI is InChI=1S/C12H24N4/c1-2-16-8-4-7-11(16)9-14-12(13)15-10-5-3-6-10/h10-11H,2-9H2,1H3,(H3,13,14,15). The van der Waals surface area contributed by atoms with E-state index in [4.69, 9.17) is 5.73 Å². The van der Waals surface area contributed by atoms with Crippen molar-refractivity contribution in [2.75, 3.05) is 19.6 Å². The first-order valence-electron chi connectivity index (χ1n) is 6.60. The lowest BCUT2D eigenvalue weighted by Crippen LogP contribution is -2.44. The first-order chi connectivity index (χ1) is 7.79. The second-order valence-electron chi connectivity index (χ2n) is 4.92. The summed E-state index contributed by atoms with van der Waals surface area (Å²) in [7, 11) is 0. The number of rotatable bonds is 4. The van der Waals surface area contributed by atoms with Gasteiger partial charge in [-0.05, 0) is 45.2 Å². The monoisotopic (exact) mass is 224 g/mol. The van der Waals surface area contributed by atoms with E-state index in [1.165, 1.54) is 38.6 Å². The third-order valence-corrected chi connectivity index (χ3v) is 3.83. The Kier molecular flexibility index (Phi) is 4.04. The average Bonchev–Trinajstić information content (AvgIpc) is 2.68. The molecule has 2 rings (SSSR count). The Morgan fingerprint density at radius 2 is 2.19 bits per heavy atom. The van der Waals surface area contributed by atoms with Crippen LogP contribution in [-0.2, 0) is 0 Å². The number of likely N-dealkylation sites (tertiary alicyclic amines) is 1. The fourth-order valence-corrected chi connectivity index (χ4v) is 2.53. The molecule has 0 spiro atoms. The predicted molar refractivity (Wildman–Crippen MR) is 67.5 cm³/mol. The van der Waals surface area contributed by atoms with Crippen molar-refractivity contribution in [2.45, 2.75) is 51.1 Å². The number of hydrogen-bond acceptors (Lipinski definition) is 2. The van der Waals surface area contributed by atoms with Crippen molar-refractivity contribution in [1.29, 1.82) is 0 Å². The molecule has 1 aliphatic carbocycles. The van der Waals surface area contributed by atoms with Gasteiger partial charge in [-0.15, -0.1) is 0 Å². The molecule has 92 valence electrons. The second-order valence-corrected chi connectivity index (χ2v) is 4.92. The number of aliphatic imine (C=N–C) groups is 1. The summed E-state index contributed by atoms with van der Waals surface area (Å²) in [5.74, 6) is 0.646. The summed E-state index contributed by atoms with van der Waals surface area (Å²) in [4.78, 5) is 6.97. The number of nitrogens with two attached hydrogens (primary N) is 1. The van der Waals surface area contributed by atoms with Gasteiger partial charge in [0.05, 0.1) is 6.54 Å². The van der Waals surface area contributed by atoms with Gasteiger partial charge in [-0.2, -0.15) is 0 Å². The average molecular weight is 224 g/mol. The van der Waals surface area contributed by atoms with Crippen LogP contribution < -0.4 is 11.1 Å². The molecule has 4 heteroatoms. The molecule has 1 aliphatic heterocycles. The van der Waals surface area contributed by atoms with Crippen LogP contribution in [0.4, 0.5) is 0 Å². The summed E-state index contributed by atoms with van der Waals surface area (Å²) in [6.07, 6.45) is 6.41. The molecule has 4 nitrogen and oxygen atoms in total. The molecule has 0 bridgehead atoms. The van der Waals surface area contributed by atoms with Gasteiger partial charge in [0.2, 0.25) is 0 Å². The number of nitrogens with zero attached hydrogens (tertiary/aromatic N) is 2. The van der Waals surface area contributed by atoms with Gasteiger partial charge in [-0.25, -0.2) is 0 Å². The molecule has 1 unspecified atom stereocenters. The van der Waals surface area contributed by atoms with Crippen molar-refractivity contribution in [3.05, 3.63) is 0 Å². The SMILES string of the molecule is CCN1CCCC1CN=C(N)NC1CCC1. The van der Waals surface area contributed by atoms with E-state index in [9.17, 15) is 0 Å². The molecule has 0 aromatic heterocycles. The maximum absolute atomic E-state index is 5.87.